The van der Waals surface area contributed by atoms with Crippen molar-refractivity contribution in [2.75, 3.05) is 20.1 Å². The van der Waals surface area contributed by atoms with Crippen LogP contribution in [0.1, 0.15) is 61.8 Å². The molecule has 1 nitrogen and oxygen atoms in total. The zero-order valence-corrected chi connectivity index (χ0v) is 14.1. The van der Waals surface area contributed by atoms with E-state index in [4.69, 9.17) is 0 Å². The zero-order valence-electron chi connectivity index (χ0n) is 14.1. The van der Waals surface area contributed by atoms with Gasteiger partial charge in [0.1, 0.15) is 0 Å². The van der Waals surface area contributed by atoms with E-state index in [0.717, 1.165) is 37.1 Å². The minimum atomic E-state index is -4.28. The van der Waals surface area contributed by atoms with Crippen LogP contribution in [0.2, 0.25) is 0 Å². The number of rotatable bonds is 1. The van der Waals surface area contributed by atoms with E-state index in [2.05, 4.69) is 11.9 Å². The average Bonchev–Trinajstić information content (AvgIpc) is 2.36. The number of halogens is 3. The lowest BCUT2D eigenvalue weighted by Gasteiger charge is -2.34. The maximum Gasteiger partial charge on any atom is 0.416 e. The Bertz CT molecular complexity index is 532. The molecule has 0 radical (unpaired) electrons. The molecule has 0 bridgehead atoms. The Labute approximate surface area is 131 Å². The molecule has 1 saturated heterocycles. The van der Waals surface area contributed by atoms with Crippen LogP contribution < -0.4 is 0 Å². The second-order valence-electron chi connectivity index (χ2n) is 7.58. The second kappa shape index (κ2) is 5.88. The highest BCUT2D eigenvalue weighted by Crippen LogP contribution is 2.41. The summed E-state index contributed by atoms with van der Waals surface area (Å²) in [6.45, 7) is 9.58. The highest BCUT2D eigenvalue weighted by Gasteiger charge is 2.35. The van der Waals surface area contributed by atoms with Crippen LogP contribution >= 0.6 is 0 Å². The Hall–Kier alpha value is -1.03. The third-order valence-electron chi connectivity index (χ3n) is 4.67. The molecule has 4 heteroatoms. The lowest BCUT2D eigenvalue weighted by Crippen LogP contribution is -2.30. The SMILES string of the molecule is Cc1cc(C2CCN(C)CC2)c(C(C)(C)C)cc1C(F)(F)F. The molecule has 1 fully saturated rings. The lowest BCUT2D eigenvalue weighted by atomic mass is 9.76. The molecule has 0 saturated carbocycles. The van der Waals surface area contributed by atoms with Gasteiger partial charge in [-0.15, -0.1) is 0 Å². The van der Waals surface area contributed by atoms with Crippen LogP contribution in [-0.4, -0.2) is 25.0 Å². The summed E-state index contributed by atoms with van der Waals surface area (Å²) in [5.41, 5.74) is 1.53. The summed E-state index contributed by atoms with van der Waals surface area (Å²) >= 11 is 0. The third kappa shape index (κ3) is 3.65. The summed E-state index contributed by atoms with van der Waals surface area (Å²) in [4.78, 5) is 2.28. The monoisotopic (exact) mass is 313 g/mol. The Morgan fingerprint density at radius 1 is 1.00 bits per heavy atom. The fourth-order valence-corrected chi connectivity index (χ4v) is 3.34. The number of aryl methyl sites for hydroxylation is 1. The van der Waals surface area contributed by atoms with Crippen LogP contribution in [-0.2, 0) is 11.6 Å². The molecule has 0 aliphatic carbocycles. The minimum absolute atomic E-state index is 0.285. The van der Waals surface area contributed by atoms with Crippen LogP contribution in [0.4, 0.5) is 13.2 Å². The summed E-state index contributed by atoms with van der Waals surface area (Å²) in [5, 5.41) is 0. The minimum Gasteiger partial charge on any atom is -0.306 e. The quantitative estimate of drug-likeness (QED) is 0.695. The summed E-state index contributed by atoms with van der Waals surface area (Å²) < 4.78 is 39.7. The van der Waals surface area contributed by atoms with E-state index in [1.165, 1.54) is 6.07 Å². The van der Waals surface area contributed by atoms with Crippen molar-refractivity contribution in [2.24, 2.45) is 0 Å². The smallest absolute Gasteiger partial charge is 0.306 e. The van der Waals surface area contributed by atoms with E-state index in [1.54, 1.807) is 13.0 Å². The first-order valence-electron chi connectivity index (χ1n) is 7.91. The normalized spacial score (nSPS) is 18.7. The number of piperidine rings is 1. The molecule has 0 amide bonds. The predicted octanol–water partition coefficient (Wildman–Crippen LogP) is 5.12. The van der Waals surface area contributed by atoms with Crippen molar-refractivity contribution < 1.29 is 13.2 Å². The number of nitrogens with zero attached hydrogens (tertiary/aromatic N) is 1. The number of hydrogen-bond donors (Lipinski definition) is 0. The maximum absolute atomic E-state index is 13.2. The number of alkyl halides is 3. The second-order valence-corrected chi connectivity index (χ2v) is 7.58. The van der Waals surface area contributed by atoms with Gasteiger partial charge in [0.15, 0.2) is 0 Å². The molecule has 124 valence electrons. The Balaban J connectivity index is 2.51. The summed E-state index contributed by atoms with van der Waals surface area (Å²) in [6.07, 6.45) is -2.25. The summed E-state index contributed by atoms with van der Waals surface area (Å²) in [5.74, 6) is 0.367. The molecule has 0 aromatic heterocycles. The van der Waals surface area contributed by atoms with Gasteiger partial charge in [0.05, 0.1) is 5.56 Å². The van der Waals surface area contributed by atoms with Crippen molar-refractivity contribution in [3.8, 4) is 0 Å². The van der Waals surface area contributed by atoms with Crippen LogP contribution in [0, 0.1) is 6.92 Å². The number of likely N-dealkylation sites (tertiary alicyclic amines) is 1. The molecule has 1 aliphatic rings. The fraction of sp³-hybridized carbons (Fsp3) is 0.667. The van der Waals surface area contributed by atoms with Crippen LogP contribution in [0.25, 0.3) is 0 Å². The molecule has 22 heavy (non-hydrogen) atoms. The molecule has 0 N–H and O–H groups in total. The Kier molecular flexibility index (Phi) is 4.63. The molecule has 1 aromatic rings. The molecule has 1 aromatic carbocycles. The number of benzene rings is 1. The van der Waals surface area contributed by atoms with Crippen LogP contribution in [0.3, 0.4) is 0 Å². The van der Waals surface area contributed by atoms with Gasteiger partial charge < -0.3 is 4.90 Å². The maximum atomic E-state index is 13.2. The fourth-order valence-electron chi connectivity index (χ4n) is 3.34. The summed E-state index contributed by atoms with van der Waals surface area (Å²) in [6, 6.07) is 3.18. The van der Waals surface area contributed by atoms with E-state index in [1.807, 2.05) is 20.8 Å². The van der Waals surface area contributed by atoms with Crippen molar-refractivity contribution in [1.82, 2.24) is 4.90 Å². The van der Waals surface area contributed by atoms with E-state index < -0.39 is 11.7 Å². The highest BCUT2D eigenvalue weighted by atomic mass is 19.4. The predicted molar refractivity (Wildman–Crippen MR) is 84.4 cm³/mol. The van der Waals surface area contributed by atoms with Gasteiger partial charge in [-0.05, 0) is 74.0 Å². The Morgan fingerprint density at radius 2 is 1.55 bits per heavy atom. The highest BCUT2D eigenvalue weighted by molar-refractivity contribution is 5.44. The van der Waals surface area contributed by atoms with Gasteiger partial charge in [0.25, 0.3) is 0 Å². The first-order chi connectivity index (χ1) is 10.00. The van der Waals surface area contributed by atoms with E-state index in [-0.39, 0.29) is 5.41 Å². The van der Waals surface area contributed by atoms with Crippen LogP contribution in [0.15, 0.2) is 12.1 Å². The molecule has 1 heterocycles. The first-order valence-corrected chi connectivity index (χ1v) is 7.91. The molecule has 0 atom stereocenters. The van der Waals surface area contributed by atoms with Gasteiger partial charge in [-0.3, -0.25) is 0 Å². The van der Waals surface area contributed by atoms with Gasteiger partial charge >= 0.3 is 6.18 Å². The largest absolute Gasteiger partial charge is 0.416 e. The van der Waals surface area contributed by atoms with Crippen molar-refractivity contribution in [2.45, 2.75) is 58.0 Å². The molecular weight excluding hydrogens is 287 g/mol. The molecule has 1 aliphatic heterocycles. The average molecular weight is 313 g/mol. The van der Waals surface area contributed by atoms with Crippen molar-refractivity contribution >= 4 is 0 Å². The topological polar surface area (TPSA) is 3.24 Å². The van der Waals surface area contributed by atoms with Gasteiger partial charge in [-0.25, -0.2) is 0 Å². The standard InChI is InChI=1S/C18H26F3N/c1-12-10-14(13-6-8-22(5)9-7-13)16(17(2,3)4)11-15(12)18(19,20)21/h10-11,13H,6-9H2,1-5H3. The van der Waals surface area contributed by atoms with Crippen molar-refractivity contribution in [3.63, 3.8) is 0 Å². The van der Waals surface area contributed by atoms with Crippen molar-refractivity contribution in [1.29, 1.82) is 0 Å². The van der Waals surface area contributed by atoms with E-state index in [0.29, 0.717) is 11.5 Å². The zero-order chi connectivity index (χ0) is 16.7. The molecular formula is C18H26F3N. The van der Waals surface area contributed by atoms with Crippen LogP contribution in [0.5, 0.6) is 0 Å². The molecule has 0 unspecified atom stereocenters. The molecule has 0 spiro atoms. The molecule has 2 rings (SSSR count). The van der Waals surface area contributed by atoms with Gasteiger partial charge in [0.2, 0.25) is 0 Å². The first kappa shape index (κ1) is 17.3. The Morgan fingerprint density at radius 3 is 2.00 bits per heavy atom. The van der Waals surface area contributed by atoms with Crippen molar-refractivity contribution in [3.05, 3.63) is 34.4 Å². The number of hydrogen-bond acceptors (Lipinski definition) is 1. The third-order valence-corrected chi connectivity index (χ3v) is 4.67. The van der Waals surface area contributed by atoms with E-state index >= 15 is 0 Å². The summed E-state index contributed by atoms with van der Waals surface area (Å²) in [7, 11) is 2.10. The van der Waals surface area contributed by atoms with Gasteiger partial charge in [-0.1, -0.05) is 26.8 Å². The van der Waals surface area contributed by atoms with E-state index in [9.17, 15) is 13.2 Å². The lowest BCUT2D eigenvalue weighted by molar-refractivity contribution is -0.138. The van der Waals surface area contributed by atoms with Gasteiger partial charge in [-0.2, -0.15) is 13.2 Å². The van der Waals surface area contributed by atoms with Gasteiger partial charge in [0, 0.05) is 0 Å².